The average Bonchev–Trinajstić information content (AvgIpc) is 2.23. The molecule has 5 nitrogen and oxygen atoms in total. The number of piperidine rings is 1. The summed E-state index contributed by atoms with van der Waals surface area (Å²) in [7, 11) is 2.18. The van der Waals surface area contributed by atoms with E-state index in [0.717, 1.165) is 25.9 Å². The first-order valence-electron chi connectivity index (χ1n) is 6.05. The van der Waals surface area contributed by atoms with Crippen molar-refractivity contribution in [2.75, 3.05) is 20.1 Å². The van der Waals surface area contributed by atoms with E-state index in [4.69, 9.17) is 10.5 Å². The molecule has 92 valence electrons. The Labute approximate surface area is 96.3 Å². The maximum absolute atomic E-state index is 10.6. The average molecular weight is 227 g/mol. The molecule has 1 saturated carbocycles. The standard InChI is InChI=1S/C11H21N3O2/c1-14(8-2-4-13-5-3-8)9-6-10(7-9)16-11(12)15/h8-10,13H,2-7H2,1H3,(H2,12,15). The van der Waals surface area contributed by atoms with Crippen LogP contribution in [0.4, 0.5) is 4.79 Å². The van der Waals surface area contributed by atoms with E-state index in [1.54, 1.807) is 0 Å². The topological polar surface area (TPSA) is 67.6 Å². The summed E-state index contributed by atoms with van der Waals surface area (Å²) in [5.74, 6) is 0. The summed E-state index contributed by atoms with van der Waals surface area (Å²) in [6.07, 6.45) is 3.70. The molecule has 0 aromatic carbocycles. The second kappa shape index (κ2) is 5.01. The first-order chi connectivity index (χ1) is 7.66. The van der Waals surface area contributed by atoms with Gasteiger partial charge >= 0.3 is 6.09 Å². The number of carbonyl (C=O) groups excluding carboxylic acids is 1. The molecule has 2 fully saturated rings. The fraction of sp³-hybridized carbons (Fsp3) is 0.909. The number of nitrogens with one attached hydrogen (secondary N) is 1. The van der Waals surface area contributed by atoms with Crippen LogP contribution in [0.1, 0.15) is 25.7 Å². The molecular formula is C11H21N3O2. The van der Waals surface area contributed by atoms with Gasteiger partial charge in [-0.25, -0.2) is 4.79 Å². The molecule has 16 heavy (non-hydrogen) atoms. The van der Waals surface area contributed by atoms with Crippen LogP contribution in [0.5, 0.6) is 0 Å². The van der Waals surface area contributed by atoms with Crippen LogP contribution < -0.4 is 11.1 Å². The number of nitrogens with zero attached hydrogens (tertiary/aromatic N) is 1. The minimum atomic E-state index is -0.645. The van der Waals surface area contributed by atoms with Crippen molar-refractivity contribution in [1.29, 1.82) is 0 Å². The van der Waals surface area contributed by atoms with Gasteiger partial charge in [0.2, 0.25) is 0 Å². The molecule has 1 aliphatic carbocycles. The maximum Gasteiger partial charge on any atom is 0.404 e. The maximum atomic E-state index is 10.6. The largest absolute Gasteiger partial charge is 0.446 e. The van der Waals surface area contributed by atoms with Gasteiger partial charge in [0.15, 0.2) is 0 Å². The van der Waals surface area contributed by atoms with E-state index in [0.29, 0.717) is 12.1 Å². The van der Waals surface area contributed by atoms with Crippen molar-refractivity contribution in [3.63, 3.8) is 0 Å². The van der Waals surface area contributed by atoms with Crippen LogP contribution in [-0.4, -0.2) is 49.3 Å². The Bertz CT molecular complexity index is 248. The molecule has 1 saturated heterocycles. The lowest BCUT2D eigenvalue weighted by Crippen LogP contribution is -2.53. The summed E-state index contributed by atoms with van der Waals surface area (Å²) in [5, 5.41) is 3.37. The Balaban J connectivity index is 1.71. The lowest BCUT2D eigenvalue weighted by atomic mass is 9.86. The van der Waals surface area contributed by atoms with Gasteiger partial charge in [0.1, 0.15) is 6.10 Å². The predicted octanol–water partition coefficient (Wildman–Crippen LogP) is 0.297. The third-order valence-corrected chi connectivity index (χ3v) is 3.81. The summed E-state index contributed by atoms with van der Waals surface area (Å²) in [4.78, 5) is 13.0. The zero-order valence-corrected chi connectivity index (χ0v) is 9.82. The number of hydrogen-bond donors (Lipinski definition) is 2. The number of rotatable bonds is 3. The molecule has 2 rings (SSSR count). The van der Waals surface area contributed by atoms with Gasteiger partial charge in [-0.05, 0) is 33.0 Å². The number of ether oxygens (including phenoxy) is 1. The van der Waals surface area contributed by atoms with Crippen molar-refractivity contribution in [1.82, 2.24) is 10.2 Å². The first-order valence-corrected chi connectivity index (χ1v) is 6.05. The van der Waals surface area contributed by atoms with Crippen molar-refractivity contribution in [2.24, 2.45) is 5.73 Å². The van der Waals surface area contributed by atoms with Crippen molar-refractivity contribution in [3.8, 4) is 0 Å². The molecule has 1 heterocycles. The lowest BCUT2D eigenvalue weighted by Gasteiger charge is -2.44. The van der Waals surface area contributed by atoms with E-state index in [2.05, 4.69) is 17.3 Å². The zero-order chi connectivity index (χ0) is 11.5. The molecule has 5 heteroatoms. The summed E-state index contributed by atoms with van der Waals surface area (Å²) in [6.45, 7) is 2.23. The van der Waals surface area contributed by atoms with E-state index >= 15 is 0 Å². The Morgan fingerprint density at radius 2 is 1.94 bits per heavy atom. The highest BCUT2D eigenvalue weighted by Gasteiger charge is 2.36. The highest BCUT2D eigenvalue weighted by molar-refractivity contribution is 5.64. The molecule has 0 unspecified atom stereocenters. The summed E-state index contributed by atoms with van der Waals surface area (Å²) in [5.41, 5.74) is 4.98. The van der Waals surface area contributed by atoms with Crippen LogP contribution in [0.25, 0.3) is 0 Å². The predicted molar refractivity (Wildman–Crippen MR) is 61.1 cm³/mol. The van der Waals surface area contributed by atoms with Gasteiger partial charge in [0.05, 0.1) is 0 Å². The fourth-order valence-corrected chi connectivity index (χ4v) is 2.64. The fourth-order valence-electron chi connectivity index (χ4n) is 2.64. The van der Waals surface area contributed by atoms with Crippen LogP contribution in [0.3, 0.4) is 0 Å². The number of amides is 1. The number of hydrogen-bond acceptors (Lipinski definition) is 4. The summed E-state index contributed by atoms with van der Waals surface area (Å²) >= 11 is 0. The summed E-state index contributed by atoms with van der Waals surface area (Å²) in [6, 6.07) is 1.24. The number of nitrogens with two attached hydrogens (primary N) is 1. The van der Waals surface area contributed by atoms with Crippen LogP contribution in [0, 0.1) is 0 Å². The van der Waals surface area contributed by atoms with Crippen molar-refractivity contribution in [3.05, 3.63) is 0 Å². The minimum Gasteiger partial charge on any atom is -0.446 e. The molecule has 0 radical (unpaired) electrons. The number of carbonyl (C=O) groups is 1. The molecule has 0 aromatic rings. The van der Waals surface area contributed by atoms with Gasteiger partial charge < -0.3 is 20.7 Å². The van der Waals surface area contributed by atoms with Gasteiger partial charge in [0.25, 0.3) is 0 Å². The zero-order valence-electron chi connectivity index (χ0n) is 9.82. The molecule has 0 atom stereocenters. The highest BCUT2D eigenvalue weighted by atomic mass is 16.6. The summed E-state index contributed by atoms with van der Waals surface area (Å²) < 4.78 is 4.95. The Hall–Kier alpha value is -0.810. The second-order valence-corrected chi connectivity index (χ2v) is 4.83. The van der Waals surface area contributed by atoms with Gasteiger partial charge in [-0.3, -0.25) is 0 Å². The Morgan fingerprint density at radius 3 is 2.50 bits per heavy atom. The molecule has 1 amide bonds. The van der Waals surface area contributed by atoms with E-state index in [1.807, 2.05) is 0 Å². The van der Waals surface area contributed by atoms with Crippen LogP contribution in [-0.2, 0) is 4.74 Å². The highest BCUT2D eigenvalue weighted by Crippen LogP contribution is 2.30. The van der Waals surface area contributed by atoms with E-state index in [1.165, 1.54) is 12.8 Å². The van der Waals surface area contributed by atoms with Gasteiger partial charge in [-0.2, -0.15) is 0 Å². The smallest absolute Gasteiger partial charge is 0.404 e. The van der Waals surface area contributed by atoms with Crippen LogP contribution >= 0.6 is 0 Å². The van der Waals surface area contributed by atoms with Crippen molar-refractivity contribution < 1.29 is 9.53 Å². The van der Waals surface area contributed by atoms with E-state index in [9.17, 15) is 4.79 Å². The monoisotopic (exact) mass is 227 g/mol. The number of primary amides is 1. The van der Waals surface area contributed by atoms with E-state index in [-0.39, 0.29) is 6.10 Å². The van der Waals surface area contributed by atoms with Crippen LogP contribution in [0.2, 0.25) is 0 Å². The minimum absolute atomic E-state index is 0.0478. The van der Waals surface area contributed by atoms with Gasteiger partial charge in [0, 0.05) is 24.9 Å². The first kappa shape index (κ1) is 11.7. The molecule has 1 aliphatic heterocycles. The SMILES string of the molecule is CN(C1CCNCC1)C1CC(OC(N)=O)C1. The molecule has 0 aromatic heterocycles. The third kappa shape index (κ3) is 2.65. The lowest BCUT2D eigenvalue weighted by molar-refractivity contribution is -0.0178. The molecule has 3 N–H and O–H groups in total. The van der Waals surface area contributed by atoms with E-state index < -0.39 is 6.09 Å². The molecule has 0 bridgehead atoms. The Kier molecular flexibility index (Phi) is 3.66. The normalized spacial score (nSPS) is 31.1. The third-order valence-electron chi connectivity index (χ3n) is 3.81. The van der Waals surface area contributed by atoms with Gasteiger partial charge in [-0.1, -0.05) is 0 Å². The Morgan fingerprint density at radius 1 is 1.31 bits per heavy atom. The van der Waals surface area contributed by atoms with Crippen molar-refractivity contribution in [2.45, 2.75) is 43.9 Å². The molecular weight excluding hydrogens is 206 g/mol. The van der Waals surface area contributed by atoms with Crippen molar-refractivity contribution >= 4 is 6.09 Å². The van der Waals surface area contributed by atoms with Crippen LogP contribution in [0.15, 0.2) is 0 Å². The molecule has 2 aliphatic rings. The quantitative estimate of drug-likeness (QED) is 0.727. The van der Waals surface area contributed by atoms with Gasteiger partial charge in [-0.15, -0.1) is 0 Å². The molecule has 0 spiro atoms. The second-order valence-electron chi connectivity index (χ2n) is 4.83.